The van der Waals surface area contributed by atoms with Crippen LogP contribution in [0.2, 0.25) is 0 Å². The Hall–Kier alpha value is -1.14. The molecule has 3 N–H and O–H groups in total. The van der Waals surface area contributed by atoms with Gasteiger partial charge in [-0.05, 0) is 6.26 Å². The number of aliphatic hydroxyl groups excluding tert-OH is 3. The Kier molecular flexibility index (Phi) is 3.78. The zero-order valence-electron chi connectivity index (χ0n) is 16.1. The van der Waals surface area contributed by atoms with Crippen LogP contribution in [0.1, 0.15) is 25.7 Å². The Morgan fingerprint density at radius 1 is 0.900 bits per heavy atom. The van der Waals surface area contributed by atoms with Crippen LogP contribution in [0.4, 0.5) is 0 Å². The van der Waals surface area contributed by atoms with E-state index in [-0.39, 0.29) is 43.2 Å². The summed E-state index contributed by atoms with van der Waals surface area (Å²) >= 11 is 2.32. The lowest BCUT2D eigenvalue weighted by Gasteiger charge is -2.58. The molecule has 0 radical (unpaired) electrons. The fourth-order valence-electron chi connectivity index (χ4n) is 6.80. The first-order valence-electron chi connectivity index (χ1n) is 10.2. The van der Waals surface area contributed by atoms with E-state index >= 15 is 0 Å². The third-order valence-corrected chi connectivity index (χ3v) is 11.0. The second kappa shape index (κ2) is 5.80. The summed E-state index contributed by atoms with van der Waals surface area (Å²) in [6, 6.07) is -1.70. The van der Waals surface area contributed by atoms with Crippen LogP contribution in [0.3, 0.4) is 0 Å². The summed E-state index contributed by atoms with van der Waals surface area (Å²) in [5, 5.41) is 31.4. The monoisotopic (exact) mass is 454 g/mol. The molecule has 4 saturated heterocycles. The molecule has 11 heteroatoms. The van der Waals surface area contributed by atoms with E-state index in [4.69, 9.17) is 0 Å². The Balaban J connectivity index is 1.53. The van der Waals surface area contributed by atoms with Crippen molar-refractivity contribution >= 4 is 46.9 Å². The van der Waals surface area contributed by atoms with Crippen LogP contribution in [0.15, 0.2) is 0 Å². The van der Waals surface area contributed by atoms with E-state index in [1.54, 1.807) is 6.26 Å². The van der Waals surface area contributed by atoms with Gasteiger partial charge >= 0.3 is 0 Å². The molecule has 2 amide bonds. The molecule has 30 heavy (non-hydrogen) atoms. The molecule has 4 heterocycles. The Morgan fingerprint density at radius 3 is 2.23 bits per heavy atom. The number of carbonyl (C=O) groups is 4. The van der Waals surface area contributed by atoms with Crippen LogP contribution in [0, 0.1) is 11.8 Å². The number of aliphatic hydroxyl groups is 3. The van der Waals surface area contributed by atoms with Crippen LogP contribution in [0.25, 0.3) is 0 Å². The van der Waals surface area contributed by atoms with Gasteiger partial charge in [0.2, 0.25) is 0 Å². The smallest absolute Gasteiger partial charge is 0.261 e. The number of hydrogen-bond donors (Lipinski definition) is 3. The van der Waals surface area contributed by atoms with Gasteiger partial charge < -0.3 is 25.1 Å². The first-order valence-corrected chi connectivity index (χ1v) is 12.3. The quantitative estimate of drug-likeness (QED) is 0.425. The van der Waals surface area contributed by atoms with Crippen LogP contribution in [-0.2, 0) is 19.2 Å². The average molecular weight is 455 g/mol. The van der Waals surface area contributed by atoms with Gasteiger partial charge in [-0.1, -0.05) is 0 Å². The molecule has 2 saturated carbocycles. The first kappa shape index (κ1) is 19.5. The maximum Gasteiger partial charge on any atom is 0.261 e. The minimum absolute atomic E-state index is 0.0331. The SMILES string of the molecule is CS[C@@]12C[C@H]3C(=O)C[C@H](O)[C@H](O)[C@H]3N1C(=O)[C@@]13C[C@H]4C(=O)C[C@@H](S1)[C@H](O)[C@H]4N3C2=O. The number of ketones is 2. The molecular formula is C19H22N2O7S2. The van der Waals surface area contributed by atoms with Gasteiger partial charge in [0.05, 0.1) is 24.3 Å². The van der Waals surface area contributed by atoms with E-state index < -0.39 is 63.1 Å². The lowest BCUT2D eigenvalue weighted by atomic mass is 9.79. The Labute approximate surface area is 180 Å². The topological polar surface area (TPSA) is 135 Å². The summed E-state index contributed by atoms with van der Waals surface area (Å²) in [4.78, 5) is 53.5. The molecule has 162 valence electrons. The largest absolute Gasteiger partial charge is 0.390 e. The van der Waals surface area contributed by atoms with Crippen molar-refractivity contribution in [2.24, 2.45) is 11.8 Å². The van der Waals surface area contributed by atoms with E-state index in [9.17, 15) is 34.5 Å². The lowest BCUT2D eigenvalue weighted by Crippen LogP contribution is -2.78. The van der Waals surface area contributed by atoms with Crippen LogP contribution < -0.4 is 0 Å². The predicted octanol–water partition coefficient (Wildman–Crippen LogP) is -1.67. The minimum Gasteiger partial charge on any atom is -0.390 e. The second-order valence-electron chi connectivity index (χ2n) is 9.27. The van der Waals surface area contributed by atoms with Crippen molar-refractivity contribution in [3.63, 3.8) is 0 Å². The first-order chi connectivity index (χ1) is 14.2. The molecule has 10 atom stereocenters. The maximum atomic E-state index is 14.1. The average Bonchev–Trinajstić information content (AvgIpc) is 3.16. The summed E-state index contributed by atoms with van der Waals surface area (Å²) in [6.45, 7) is 0. The van der Waals surface area contributed by atoms with Crippen molar-refractivity contribution in [3.8, 4) is 0 Å². The van der Waals surface area contributed by atoms with E-state index in [2.05, 4.69) is 0 Å². The van der Waals surface area contributed by atoms with E-state index in [1.807, 2.05) is 0 Å². The molecule has 9 nitrogen and oxygen atoms in total. The van der Waals surface area contributed by atoms with Crippen molar-refractivity contribution < 1.29 is 34.5 Å². The molecule has 4 aliphatic heterocycles. The molecule has 0 aromatic rings. The van der Waals surface area contributed by atoms with Gasteiger partial charge in [0.15, 0.2) is 9.74 Å². The summed E-state index contributed by atoms with van der Waals surface area (Å²) in [5.74, 6) is -2.38. The highest BCUT2D eigenvalue weighted by Gasteiger charge is 2.78. The number of nitrogens with zero attached hydrogens (tertiary/aromatic N) is 2. The summed E-state index contributed by atoms with van der Waals surface area (Å²) in [6.07, 6.45) is -1.63. The number of piperazine rings is 1. The van der Waals surface area contributed by atoms with Crippen molar-refractivity contribution in [1.82, 2.24) is 9.80 Å². The Morgan fingerprint density at radius 2 is 1.53 bits per heavy atom. The van der Waals surface area contributed by atoms with Crippen molar-refractivity contribution in [2.45, 2.75) is 71.1 Å². The van der Waals surface area contributed by atoms with Crippen molar-refractivity contribution in [1.29, 1.82) is 0 Å². The van der Waals surface area contributed by atoms with Gasteiger partial charge in [-0.3, -0.25) is 19.2 Å². The van der Waals surface area contributed by atoms with Crippen LogP contribution >= 0.6 is 23.5 Å². The highest BCUT2D eigenvalue weighted by atomic mass is 32.2. The van der Waals surface area contributed by atoms with Crippen molar-refractivity contribution in [2.75, 3.05) is 6.26 Å². The van der Waals surface area contributed by atoms with Gasteiger partial charge in [-0.15, -0.1) is 23.5 Å². The number of thioether (sulfide) groups is 2. The number of carbonyl (C=O) groups excluding carboxylic acids is 4. The van der Waals surface area contributed by atoms with Crippen LogP contribution in [0.5, 0.6) is 0 Å². The Bertz CT molecular complexity index is 915. The molecule has 2 aliphatic carbocycles. The second-order valence-corrected chi connectivity index (χ2v) is 11.9. The van der Waals surface area contributed by atoms with E-state index in [1.165, 1.54) is 21.6 Å². The third-order valence-electron chi connectivity index (χ3n) is 8.10. The number of amides is 2. The molecule has 0 aromatic heterocycles. The van der Waals surface area contributed by atoms with Gasteiger partial charge in [-0.2, -0.15) is 0 Å². The van der Waals surface area contributed by atoms with Gasteiger partial charge in [0, 0.05) is 42.8 Å². The third kappa shape index (κ3) is 1.91. The predicted molar refractivity (Wildman–Crippen MR) is 105 cm³/mol. The highest BCUT2D eigenvalue weighted by molar-refractivity contribution is 8.02. The number of hydrogen-bond acceptors (Lipinski definition) is 9. The standard InChI is InChI=1S/C19H22N2O7S2/c1-29-18-4-6-8(22)2-10(24)14(25)12(6)20(18)17(28)19-5-7-9(23)3-11(30-19)15(26)13(7)21(19)16(18)27/h6-7,10-15,24-26H,2-5H2,1H3/t6-,7-,10-,11+,12-,13-,14-,15-,18+,19+/m0/s1. The molecule has 0 spiro atoms. The zero-order chi connectivity index (χ0) is 21.3. The lowest BCUT2D eigenvalue weighted by molar-refractivity contribution is -0.174. The zero-order valence-corrected chi connectivity index (χ0v) is 17.8. The van der Waals surface area contributed by atoms with E-state index in [0.717, 1.165) is 11.8 Å². The maximum absolute atomic E-state index is 14.1. The van der Waals surface area contributed by atoms with Gasteiger partial charge in [0.25, 0.3) is 11.8 Å². The fraction of sp³-hybridized carbons (Fsp3) is 0.789. The van der Waals surface area contributed by atoms with Crippen molar-refractivity contribution in [3.05, 3.63) is 0 Å². The number of fused-ring (bicyclic) bond motifs is 4. The fourth-order valence-corrected chi connectivity index (χ4v) is 9.67. The number of Topliss-reactive ketones (excluding diaryl/α,β-unsaturated/α-hetero) is 2. The molecule has 6 fully saturated rings. The number of rotatable bonds is 1. The van der Waals surface area contributed by atoms with Crippen LogP contribution in [-0.4, -0.2) is 100 Å². The van der Waals surface area contributed by atoms with Gasteiger partial charge in [0.1, 0.15) is 17.7 Å². The molecule has 0 unspecified atom stereocenters. The van der Waals surface area contributed by atoms with E-state index in [0.29, 0.717) is 0 Å². The molecular weight excluding hydrogens is 432 g/mol. The molecule has 6 rings (SSSR count). The molecule has 3 bridgehead atoms. The summed E-state index contributed by atoms with van der Waals surface area (Å²) < 4.78 is 0. The van der Waals surface area contributed by atoms with Gasteiger partial charge in [-0.25, -0.2) is 0 Å². The normalized spacial score (nSPS) is 53.9. The molecule has 0 aromatic carbocycles. The summed E-state index contributed by atoms with van der Waals surface area (Å²) in [5.41, 5.74) is 0. The minimum atomic E-state index is -1.39. The highest BCUT2D eigenvalue weighted by Crippen LogP contribution is 2.65. The molecule has 6 aliphatic rings. The summed E-state index contributed by atoms with van der Waals surface area (Å²) in [7, 11) is 0.